The van der Waals surface area contributed by atoms with Crippen LogP contribution in [0.2, 0.25) is 0 Å². The van der Waals surface area contributed by atoms with Crippen molar-refractivity contribution in [1.29, 1.82) is 0 Å². The number of hydrogen-bond donors (Lipinski definition) is 0. The van der Waals surface area contributed by atoms with Crippen molar-refractivity contribution in [2.24, 2.45) is 0 Å². The molecule has 0 aliphatic carbocycles. The van der Waals surface area contributed by atoms with Crippen LogP contribution in [0.15, 0.2) is 60.9 Å². The molecule has 1 heterocycles. The van der Waals surface area contributed by atoms with Crippen LogP contribution >= 0.6 is 0 Å². The van der Waals surface area contributed by atoms with Crippen molar-refractivity contribution in [3.05, 3.63) is 83.4 Å². The molecule has 0 aliphatic rings. The lowest BCUT2D eigenvalue weighted by Gasteiger charge is -2.30. The Kier molecular flexibility index (Phi) is 9.90. The number of aromatic nitrogens is 2. The number of sulfonamides is 1. The van der Waals surface area contributed by atoms with E-state index in [4.69, 9.17) is 14.2 Å². The highest BCUT2D eigenvalue weighted by atomic mass is 32.2. The van der Waals surface area contributed by atoms with Gasteiger partial charge in [-0.15, -0.1) is 0 Å². The average molecular weight is 536 g/mol. The Morgan fingerprint density at radius 3 is 1.73 bits per heavy atom. The van der Waals surface area contributed by atoms with E-state index in [2.05, 4.69) is 9.97 Å². The zero-order valence-electron chi connectivity index (χ0n) is 21.2. The monoisotopic (exact) mass is 535 g/mol. The topological polar surface area (TPSA) is 90.9 Å². The second-order valence-electron chi connectivity index (χ2n) is 8.48. The number of methoxy groups -OCH3 is 2. The van der Waals surface area contributed by atoms with Gasteiger partial charge in [-0.1, -0.05) is 24.3 Å². The Labute approximate surface area is 216 Å². The second kappa shape index (κ2) is 12.9. The summed E-state index contributed by atoms with van der Waals surface area (Å²) in [7, 11) is -1.02. The van der Waals surface area contributed by atoms with Gasteiger partial charge in [-0.05, 0) is 54.8 Å². The molecule has 2 aromatic carbocycles. The summed E-state index contributed by atoms with van der Waals surface area (Å²) in [5, 5.41) is -1.26. The zero-order valence-corrected chi connectivity index (χ0v) is 22.0. The third-order valence-corrected chi connectivity index (χ3v) is 7.91. The zero-order chi connectivity index (χ0) is 27.0. The first kappa shape index (κ1) is 28.4. The molecular weight excluding hydrogens is 504 g/mol. The standard InChI is InChI=1S/C26H31F2N3O5S/c1-18-13-29-26(30-14-18)25(36-17-24(27)28)19(2)37(32,33)31(15-20-5-9-22(34-3)10-6-20)16-21-7-11-23(35-4)12-8-21/h5-14,19,24-25H,15-17H2,1-4H3. The number of ether oxygens (including phenoxy) is 3. The molecule has 0 bridgehead atoms. The van der Waals surface area contributed by atoms with Crippen LogP contribution in [0.4, 0.5) is 8.78 Å². The predicted octanol–water partition coefficient (Wildman–Crippen LogP) is 4.55. The quantitative estimate of drug-likeness (QED) is 0.317. The summed E-state index contributed by atoms with van der Waals surface area (Å²) in [5.74, 6) is 1.30. The summed E-state index contributed by atoms with van der Waals surface area (Å²) >= 11 is 0. The van der Waals surface area contributed by atoms with Gasteiger partial charge in [-0.3, -0.25) is 0 Å². The average Bonchev–Trinajstić information content (AvgIpc) is 2.90. The molecule has 1 aromatic heterocycles. The van der Waals surface area contributed by atoms with E-state index < -0.39 is 34.4 Å². The van der Waals surface area contributed by atoms with Crippen LogP contribution in [0.5, 0.6) is 11.5 Å². The smallest absolute Gasteiger partial charge is 0.261 e. The van der Waals surface area contributed by atoms with E-state index in [-0.39, 0.29) is 18.9 Å². The maximum atomic E-state index is 14.0. The fraction of sp³-hybridized carbons (Fsp3) is 0.385. The number of aryl methyl sites for hydroxylation is 1. The Morgan fingerprint density at radius 1 is 0.865 bits per heavy atom. The number of alkyl halides is 2. The third-order valence-electron chi connectivity index (χ3n) is 5.75. The molecule has 0 amide bonds. The largest absolute Gasteiger partial charge is 0.497 e. The third kappa shape index (κ3) is 7.67. The van der Waals surface area contributed by atoms with Gasteiger partial charge in [0.05, 0.1) is 14.2 Å². The molecule has 3 rings (SSSR count). The van der Waals surface area contributed by atoms with Crippen LogP contribution in [0, 0.1) is 6.92 Å². The summed E-state index contributed by atoms with van der Waals surface area (Å²) in [6.07, 6.45) is -1.09. The van der Waals surface area contributed by atoms with Gasteiger partial charge in [0.15, 0.2) is 5.82 Å². The van der Waals surface area contributed by atoms with Gasteiger partial charge >= 0.3 is 0 Å². The lowest BCUT2D eigenvalue weighted by atomic mass is 10.2. The molecule has 0 N–H and O–H groups in total. The van der Waals surface area contributed by atoms with Gasteiger partial charge in [0, 0.05) is 25.5 Å². The maximum absolute atomic E-state index is 14.0. The molecule has 2 atom stereocenters. The van der Waals surface area contributed by atoms with Gasteiger partial charge in [-0.25, -0.2) is 27.2 Å². The lowest BCUT2D eigenvalue weighted by molar-refractivity contribution is -0.0289. The number of rotatable bonds is 13. The van der Waals surface area contributed by atoms with Crippen molar-refractivity contribution in [2.75, 3.05) is 20.8 Å². The van der Waals surface area contributed by atoms with Gasteiger partial charge in [0.2, 0.25) is 10.0 Å². The molecule has 37 heavy (non-hydrogen) atoms. The highest BCUT2D eigenvalue weighted by Crippen LogP contribution is 2.29. The summed E-state index contributed by atoms with van der Waals surface area (Å²) in [5.41, 5.74) is 2.19. The van der Waals surface area contributed by atoms with Gasteiger partial charge in [0.25, 0.3) is 6.43 Å². The molecule has 3 aromatic rings. The lowest BCUT2D eigenvalue weighted by Crippen LogP contribution is -2.41. The van der Waals surface area contributed by atoms with Crippen molar-refractivity contribution in [3.8, 4) is 11.5 Å². The SMILES string of the molecule is COc1ccc(CN(Cc2ccc(OC)cc2)S(=O)(=O)C(C)C(OCC(F)F)c2ncc(C)cn2)cc1. The van der Waals surface area contributed by atoms with Crippen molar-refractivity contribution >= 4 is 10.0 Å². The molecule has 0 saturated heterocycles. The van der Waals surface area contributed by atoms with E-state index in [9.17, 15) is 17.2 Å². The van der Waals surface area contributed by atoms with Gasteiger partial charge < -0.3 is 14.2 Å². The van der Waals surface area contributed by atoms with Gasteiger partial charge in [-0.2, -0.15) is 4.31 Å². The van der Waals surface area contributed by atoms with E-state index in [0.717, 1.165) is 16.7 Å². The van der Waals surface area contributed by atoms with Crippen LogP contribution in [0.3, 0.4) is 0 Å². The molecule has 0 aliphatic heterocycles. The van der Waals surface area contributed by atoms with Crippen molar-refractivity contribution in [1.82, 2.24) is 14.3 Å². The first-order valence-electron chi connectivity index (χ1n) is 11.6. The van der Waals surface area contributed by atoms with Crippen LogP contribution < -0.4 is 9.47 Å². The van der Waals surface area contributed by atoms with Crippen molar-refractivity contribution < 1.29 is 31.4 Å². The second-order valence-corrected chi connectivity index (χ2v) is 10.8. The Hall–Kier alpha value is -3.15. The molecule has 8 nitrogen and oxygen atoms in total. The minimum absolute atomic E-state index is 0.0242. The molecule has 2 unspecified atom stereocenters. The van der Waals surface area contributed by atoms with E-state index in [1.807, 2.05) is 0 Å². The van der Waals surface area contributed by atoms with Gasteiger partial charge in [0.1, 0.15) is 29.5 Å². The van der Waals surface area contributed by atoms with Crippen molar-refractivity contribution in [2.45, 2.75) is 44.7 Å². The summed E-state index contributed by atoms with van der Waals surface area (Å²) < 4.78 is 71.1. The molecule has 0 saturated carbocycles. The van der Waals surface area contributed by atoms with E-state index in [1.165, 1.54) is 23.6 Å². The number of hydrogen-bond acceptors (Lipinski definition) is 7. The molecule has 200 valence electrons. The number of benzene rings is 2. The predicted molar refractivity (Wildman–Crippen MR) is 135 cm³/mol. The number of halogens is 2. The highest BCUT2D eigenvalue weighted by molar-refractivity contribution is 7.89. The molecule has 11 heteroatoms. The van der Waals surface area contributed by atoms with E-state index >= 15 is 0 Å². The van der Waals surface area contributed by atoms with Crippen molar-refractivity contribution in [3.63, 3.8) is 0 Å². The fourth-order valence-electron chi connectivity index (χ4n) is 3.64. The highest BCUT2D eigenvalue weighted by Gasteiger charge is 2.38. The van der Waals surface area contributed by atoms with Crippen LogP contribution in [-0.2, 0) is 27.8 Å². The first-order valence-corrected chi connectivity index (χ1v) is 13.1. The summed E-state index contributed by atoms with van der Waals surface area (Å²) in [6.45, 7) is 2.32. The van der Waals surface area contributed by atoms with E-state index in [0.29, 0.717) is 11.5 Å². The number of nitrogens with zero attached hydrogens (tertiary/aromatic N) is 3. The minimum atomic E-state index is -4.11. The normalized spacial score (nSPS) is 13.5. The molecule has 0 spiro atoms. The molecule has 0 fully saturated rings. The van der Waals surface area contributed by atoms with Crippen LogP contribution in [0.25, 0.3) is 0 Å². The van der Waals surface area contributed by atoms with E-state index in [1.54, 1.807) is 69.7 Å². The summed E-state index contributed by atoms with van der Waals surface area (Å²) in [6, 6.07) is 14.1. The van der Waals surface area contributed by atoms with Crippen LogP contribution in [-0.4, -0.2) is 55.2 Å². The first-order chi connectivity index (χ1) is 17.6. The Balaban J connectivity index is 1.97. The Morgan fingerprint density at radius 2 is 1.32 bits per heavy atom. The fourth-order valence-corrected chi connectivity index (χ4v) is 5.28. The maximum Gasteiger partial charge on any atom is 0.261 e. The molecule has 0 radical (unpaired) electrons. The molecular formula is C26H31F2N3O5S. The summed E-state index contributed by atoms with van der Waals surface area (Å²) in [4.78, 5) is 8.33. The minimum Gasteiger partial charge on any atom is -0.497 e. The van der Waals surface area contributed by atoms with Crippen LogP contribution in [0.1, 0.15) is 35.5 Å². The Bertz CT molecular complexity index is 1180.